The van der Waals surface area contributed by atoms with Crippen LogP contribution >= 0.6 is 28.3 Å². The highest BCUT2D eigenvalue weighted by atomic mass is 79.9. The molecule has 3 nitrogen and oxygen atoms in total. The summed E-state index contributed by atoms with van der Waals surface area (Å²) in [6.07, 6.45) is 0. The largest absolute Gasteiger partial charge is 0.337 e. The third-order valence-electron chi connectivity index (χ3n) is 2.35. The van der Waals surface area contributed by atoms with Crippen molar-refractivity contribution in [3.05, 3.63) is 34.3 Å². The zero-order valence-electron chi connectivity index (χ0n) is 10.0. The number of nitrogens with zero attached hydrogens (tertiary/aromatic N) is 1. The van der Waals surface area contributed by atoms with Crippen molar-refractivity contribution >= 4 is 34.2 Å². The van der Waals surface area contributed by atoms with E-state index >= 15 is 0 Å². The molecule has 0 spiro atoms. The van der Waals surface area contributed by atoms with E-state index in [0.717, 1.165) is 10.0 Å². The van der Waals surface area contributed by atoms with Crippen LogP contribution in [-0.4, -0.2) is 23.4 Å². The van der Waals surface area contributed by atoms with E-state index in [1.807, 2.05) is 31.2 Å². The van der Waals surface area contributed by atoms with Crippen LogP contribution in [0.2, 0.25) is 0 Å². The van der Waals surface area contributed by atoms with E-state index in [9.17, 15) is 4.79 Å². The molecule has 96 valence electrons. The third-order valence-corrected chi connectivity index (χ3v) is 2.84. The second-order valence-electron chi connectivity index (χ2n) is 3.77. The Morgan fingerprint density at radius 1 is 1.53 bits per heavy atom. The predicted molar refractivity (Wildman–Crippen MR) is 76.1 cm³/mol. The molecule has 2 N–H and O–H groups in total. The van der Waals surface area contributed by atoms with Crippen molar-refractivity contribution in [1.29, 1.82) is 0 Å². The van der Waals surface area contributed by atoms with Crippen molar-refractivity contribution < 1.29 is 4.79 Å². The topological polar surface area (TPSA) is 46.3 Å². The summed E-state index contributed by atoms with van der Waals surface area (Å²) in [6.45, 7) is 4.95. The molecule has 0 saturated heterocycles. The number of benzene rings is 1. The zero-order valence-corrected chi connectivity index (χ0v) is 12.4. The van der Waals surface area contributed by atoms with E-state index in [1.165, 1.54) is 0 Å². The SMILES string of the molecule is CCN(Cc1cccc(Br)c1)C(=O)[C@H](C)N.Cl. The third kappa shape index (κ3) is 5.06. The minimum Gasteiger partial charge on any atom is -0.337 e. The summed E-state index contributed by atoms with van der Waals surface area (Å²) in [4.78, 5) is 13.5. The number of rotatable bonds is 4. The Hall–Kier alpha value is -0.580. The molecule has 0 aliphatic carbocycles. The molecule has 17 heavy (non-hydrogen) atoms. The summed E-state index contributed by atoms with van der Waals surface area (Å²) in [6, 6.07) is 7.50. The average molecular weight is 322 g/mol. The highest BCUT2D eigenvalue weighted by molar-refractivity contribution is 9.10. The van der Waals surface area contributed by atoms with E-state index in [0.29, 0.717) is 13.1 Å². The van der Waals surface area contributed by atoms with Gasteiger partial charge in [-0.2, -0.15) is 0 Å². The van der Waals surface area contributed by atoms with E-state index in [2.05, 4.69) is 15.9 Å². The van der Waals surface area contributed by atoms with Crippen molar-refractivity contribution in [3.63, 3.8) is 0 Å². The van der Waals surface area contributed by atoms with Gasteiger partial charge in [0.15, 0.2) is 0 Å². The van der Waals surface area contributed by atoms with Gasteiger partial charge in [-0.25, -0.2) is 0 Å². The molecule has 0 radical (unpaired) electrons. The fraction of sp³-hybridized carbons (Fsp3) is 0.417. The van der Waals surface area contributed by atoms with Gasteiger partial charge in [0.25, 0.3) is 0 Å². The quantitative estimate of drug-likeness (QED) is 0.926. The molecule has 0 aliphatic heterocycles. The second-order valence-corrected chi connectivity index (χ2v) is 4.69. The summed E-state index contributed by atoms with van der Waals surface area (Å²) >= 11 is 3.41. The molecule has 0 aliphatic rings. The first-order chi connectivity index (χ1) is 7.54. The molecule has 0 fully saturated rings. The van der Waals surface area contributed by atoms with Crippen LogP contribution in [0.1, 0.15) is 19.4 Å². The fourth-order valence-corrected chi connectivity index (χ4v) is 1.94. The van der Waals surface area contributed by atoms with Crippen LogP contribution in [0.25, 0.3) is 0 Å². The van der Waals surface area contributed by atoms with Gasteiger partial charge in [0.1, 0.15) is 0 Å². The number of amides is 1. The summed E-state index contributed by atoms with van der Waals surface area (Å²) in [5.74, 6) is -0.0116. The molecule has 0 aromatic heterocycles. The summed E-state index contributed by atoms with van der Waals surface area (Å²) in [5, 5.41) is 0. The lowest BCUT2D eigenvalue weighted by molar-refractivity contribution is -0.132. The van der Waals surface area contributed by atoms with Crippen molar-refractivity contribution in [1.82, 2.24) is 4.90 Å². The molecule has 1 rings (SSSR count). The van der Waals surface area contributed by atoms with Gasteiger partial charge in [-0.1, -0.05) is 28.1 Å². The minimum absolute atomic E-state index is 0. The van der Waals surface area contributed by atoms with Gasteiger partial charge in [0.2, 0.25) is 5.91 Å². The van der Waals surface area contributed by atoms with Gasteiger partial charge in [-0.05, 0) is 31.5 Å². The van der Waals surface area contributed by atoms with Crippen LogP contribution in [0.5, 0.6) is 0 Å². The van der Waals surface area contributed by atoms with Crippen LogP contribution in [0.4, 0.5) is 0 Å². The molecule has 5 heteroatoms. The first-order valence-electron chi connectivity index (χ1n) is 5.33. The maximum Gasteiger partial charge on any atom is 0.239 e. The monoisotopic (exact) mass is 320 g/mol. The molecule has 0 unspecified atom stereocenters. The Bertz CT molecular complexity index is 371. The molecule has 0 heterocycles. The van der Waals surface area contributed by atoms with Gasteiger partial charge in [0.05, 0.1) is 6.04 Å². The van der Waals surface area contributed by atoms with Gasteiger partial charge in [0, 0.05) is 17.6 Å². The van der Waals surface area contributed by atoms with E-state index < -0.39 is 6.04 Å². The zero-order chi connectivity index (χ0) is 12.1. The Labute approximate surface area is 117 Å². The van der Waals surface area contributed by atoms with Crippen molar-refractivity contribution in [2.75, 3.05) is 6.54 Å². The normalized spacial score (nSPS) is 11.5. The highest BCUT2D eigenvalue weighted by Gasteiger charge is 2.15. The number of carbonyl (C=O) groups excluding carboxylic acids is 1. The lowest BCUT2D eigenvalue weighted by atomic mass is 10.2. The standard InChI is InChI=1S/C12H17BrN2O.ClH/c1-3-15(12(16)9(2)14)8-10-5-4-6-11(13)7-10;/h4-7,9H,3,8,14H2,1-2H3;1H/t9-;/m0./s1. The van der Waals surface area contributed by atoms with E-state index in [4.69, 9.17) is 5.73 Å². The number of nitrogens with two attached hydrogens (primary N) is 1. The minimum atomic E-state index is -0.438. The Morgan fingerprint density at radius 3 is 2.65 bits per heavy atom. The fourth-order valence-electron chi connectivity index (χ4n) is 1.49. The van der Waals surface area contributed by atoms with Crippen LogP contribution in [0.15, 0.2) is 28.7 Å². The lowest BCUT2D eigenvalue weighted by Crippen LogP contribution is -2.41. The van der Waals surface area contributed by atoms with Crippen molar-refractivity contribution in [2.24, 2.45) is 5.73 Å². The predicted octanol–water partition coefficient (Wildman–Crippen LogP) is 2.57. The maximum absolute atomic E-state index is 11.8. The maximum atomic E-state index is 11.8. The molecule has 1 atom stereocenters. The van der Waals surface area contributed by atoms with E-state index in [1.54, 1.807) is 11.8 Å². The van der Waals surface area contributed by atoms with Gasteiger partial charge in [-0.3, -0.25) is 4.79 Å². The molecule has 0 saturated carbocycles. The summed E-state index contributed by atoms with van der Waals surface area (Å²) in [7, 11) is 0. The molecule has 1 aromatic carbocycles. The number of hydrogen-bond donors (Lipinski definition) is 1. The van der Waals surface area contributed by atoms with Crippen LogP contribution in [0.3, 0.4) is 0 Å². The molecule has 0 bridgehead atoms. The Kier molecular flexibility index (Phi) is 7.43. The number of hydrogen-bond acceptors (Lipinski definition) is 2. The smallest absolute Gasteiger partial charge is 0.239 e. The number of carbonyl (C=O) groups is 1. The Balaban J connectivity index is 0.00000256. The first-order valence-corrected chi connectivity index (χ1v) is 6.12. The summed E-state index contributed by atoms with van der Waals surface area (Å²) < 4.78 is 1.02. The second kappa shape index (κ2) is 7.69. The van der Waals surface area contributed by atoms with Crippen LogP contribution in [-0.2, 0) is 11.3 Å². The van der Waals surface area contributed by atoms with Crippen molar-refractivity contribution in [3.8, 4) is 0 Å². The molecular weight excluding hydrogens is 304 g/mol. The van der Waals surface area contributed by atoms with Crippen LogP contribution < -0.4 is 5.73 Å². The summed E-state index contributed by atoms with van der Waals surface area (Å²) in [5.41, 5.74) is 6.70. The van der Waals surface area contributed by atoms with Crippen molar-refractivity contribution in [2.45, 2.75) is 26.4 Å². The van der Waals surface area contributed by atoms with Gasteiger partial charge in [-0.15, -0.1) is 12.4 Å². The molecule has 1 amide bonds. The Morgan fingerprint density at radius 2 is 2.18 bits per heavy atom. The van der Waals surface area contributed by atoms with Gasteiger partial charge < -0.3 is 10.6 Å². The molecule has 1 aromatic rings. The van der Waals surface area contributed by atoms with E-state index in [-0.39, 0.29) is 18.3 Å². The highest BCUT2D eigenvalue weighted by Crippen LogP contribution is 2.13. The van der Waals surface area contributed by atoms with Crippen LogP contribution in [0, 0.1) is 0 Å². The average Bonchev–Trinajstić information content (AvgIpc) is 2.25. The van der Waals surface area contributed by atoms with Gasteiger partial charge >= 0.3 is 0 Å². The molecular formula is C12H18BrClN2O. The first kappa shape index (κ1) is 16.4. The number of likely N-dealkylation sites (N-methyl/N-ethyl adjacent to an activating group) is 1. The lowest BCUT2D eigenvalue weighted by Gasteiger charge is -2.22. The number of halogens is 2.